The Morgan fingerprint density at radius 2 is 1.74 bits per heavy atom. The van der Waals surface area contributed by atoms with E-state index in [0.717, 1.165) is 30.0 Å². The lowest BCUT2D eigenvalue weighted by Gasteiger charge is -2.36. The van der Waals surface area contributed by atoms with Gasteiger partial charge in [-0.3, -0.25) is 9.59 Å². The first kappa shape index (κ1) is 26.7. The highest BCUT2D eigenvalue weighted by atomic mass is 35.5. The molecule has 1 aliphatic heterocycles. The number of carboxylic acid groups (broad SMARTS) is 1. The van der Waals surface area contributed by atoms with Gasteiger partial charge in [-0.2, -0.15) is 0 Å². The van der Waals surface area contributed by atoms with Crippen LogP contribution < -0.4 is 10.2 Å². The Balaban J connectivity index is 1.35. The molecule has 1 aliphatic carbocycles. The van der Waals surface area contributed by atoms with Crippen LogP contribution in [0.4, 0.5) is 11.5 Å². The van der Waals surface area contributed by atoms with Gasteiger partial charge in [0.15, 0.2) is 0 Å². The second kappa shape index (κ2) is 11.9. The maximum Gasteiger partial charge on any atom is 0.303 e. The average molecular weight is 546 g/mol. The highest BCUT2D eigenvalue weighted by molar-refractivity contribution is 6.30. The molecule has 2 unspecified atom stereocenters. The summed E-state index contributed by atoms with van der Waals surface area (Å²) in [5.41, 5.74) is 3.86. The number of fused-ring (bicyclic) bond motifs is 1. The summed E-state index contributed by atoms with van der Waals surface area (Å²) in [6.45, 7) is 5.35. The summed E-state index contributed by atoms with van der Waals surface area (Å²) >= 11 is 6.02. The number of hydrogen-bond acceptors (Lipinski definition) is 6. The largest absolute Gasteiger partial charge is 0.481 e. The number of carbonyl (C=O) groups is 2. The smallest absolute Gasteiger partial charge is 0.303 e. The van der Waals surface area contributed by atoms with Crippen molar-refractivity contribution in [1.82, 2.24) is 14.9 Å². The number of aromatic nitrogens is 2. The molecule has 2 N–H and O–H groups in total. The maximum atomic E-state index is 13.4. The van der Waals surface area contributed by atoms with Gasteiger partial charge in [0, 0.05) is 61.3 Å². The summed E-state index contributed by atoms with van der Waals surface area (Å²) in [6, 6.07) is 13.3. The SMILES string of the molecule is CC1C=CC=CC1c1nc2ccc(C(=O)N3CCN(c4ccc(Cl)cc4)CC3)cc2nc1NCCCC(=O)O. The van der Waals surface area contributed by atoms with Crippen molar-refractivity contribution in [2.45, 2.75) is 25.7 Å². The lowest BCUT2D eigenvalue weighted by Crippen LogP contribution is -2.48. The molecule has 2 heterocycles. The molecule has 0 saturated carbocycles. The van der Waals surface area contributed by atoms with Gasteiger partial charge in [0.2, 0.25) is 0 Å². The zero-order valence-electron chi connectivity index (χ0n) is 21.9. The molecule has 3 aromatic rings. The van der Waals surface area contributed by atoms with E-state index in [1.807, 2.05) is 59.5 Å². The third kappa shape index (κ3) is 6.23. The van der Waals surface area contributed by atoms with Crippen LogP contribution in [0, 0.1) is 5.92 Å². The van der Waals surface area contributed by atoms with E-state index in [1.165, 1.54) is 0 Å². The fraction of sp³-hybridized carbons (Fsp3) is 0.333. The van der Waals surface area contributed by atoms with Crippen LogP contribution in [0.3, 0.4) is 0 Å². The highest BCUT2D eigenvalue weighted by Gasteiger charge is 2.25. The Hall–Kier alpha value is -3.91. The van der Waals surface area contributed by atoms with Crippen molar-refractivity contribution in [2.24, 2.45) is 5.92 Å². The Morgan fingerprint density at radius 1 is 1.00 bits per heavy atom. The summed E-state index contributed by atoms with van der Waals surface area (Å²) in [6.07, 6.45) is 8.85. The van der Waals surface area contributed by atoms with Crippen molar-refractivity contribution in [2.75, 3.05) is 42.9 Å². The number of piperazine rings is 1. The summed E-state index contributed by atoms with van der Waals surface area (Å²) in [5.74, 6) is 0.0721. The Bertz CT molecular complexity index is 1410. The van der Waals surface area contributed by atoms with E-state index >= 15 is 0 Å². The molecular formula is C30H32ClN5O3. The van der Waals surface area contributed by atoms with Crippen molar-refractivity contribution in [3.8, 4) is 0 Å². The molecule has 8 nitrogen and oxygen atoms in total. The normalized spacial score (nSPS) is 18.9. The highest BCUT2D eigenvalue weighted by Crippen LogP contribution is 2.34. The van der Waals surface area contributed by atoms with Gasteiger partial charge < -0.3 is 20.2 Å². The van der Waals surface area contributed by atoms with E-state index in [9.17, 15) is 9.59 Å². The second-order valence-electron chi connectivity index (χ2n) is 10.00. The summed E-state index contributed by atoms with van der Waals surface area (Å²) in [7, 11) is 0. The lowest BCUT2D eigenvalue weighted by atomic mass is 9.87. The summed E-state index contributed by atoms with van der Waals surface area (Å²) in [5, 5.41) is 13.0. The predicted octanol–water partition coefficient (Wildman–Crippen LogP) is 5.37. The minimum Gasteiger partial charge on any atom is -0.481 e. The van der Waals surface area contributed by atoms with Gasteiger partial charge >= 0.3 is 5.97 Å². The second-order valence-corrected chi connectivity index (χ2v) is 10.4. The van der Waals surface area contributed by atoms with Gasteiger partial charge in [0.25, 0.3) is 5.91 Å². The van der Waals surface area contributed by atoms with E-state index in [-0.39, 0.29) is 24.2 Å². The quantitative estimate of drug-likeness (QED) is 0.367. The van der Waals surface area contributed by atoms with E-state index < -0.39 is 5.97 Å². The molecule has 0 radical (unpaired) electrons. The third-order valence-corrected chi connectivity index (χ3v) is 7.54. The number of benzene rings is 2. The van der Waals surface area contributed by atoms with Crippen LogP contribution in [0.5, 0.6) is 0 Å². The number of amides is 1. The molecule has 0 spiro atoms. The molecule has 39 heavy (non-hydrogen) atoms. The van der Waals surface area contributed by atoms with Gasteiger partial charge in [-0.1, -0.05) is 42.8 Å². The molecule has 2 aliphatic rings. The average Bonchev–Trinajstić information content (AvgIpc) is 2.95. The monoisotopic (exact) mass is 545 g/mol. The minimum atomic E-state index is -0.826. The van der Waals surface area contributed by atoms with Crippen LogP contribution in [0.2, 0.25) is 5.02 Å². The van der Waals surface area contributed by atoms with Crippen molar-refractivity contribution in [1.29, 1.82) is 0 Å². The van der Waals surface area contributed by atoms with Crippen LogP contribution in [0.15, 0.2) is 66.8 Å². The fourth-order valence-corrected chi connectivity index (χ4v) is 5.20. The molecule has 1 amide bonds. The molecule has 1 saturated heterocycles. The van der Waals surface area contributed by atoms with Crippen molar-refractivity contribution >= 4 is 46.0 Å². The number of rotatable bonds is 8. The number of nitrogens with one attached hydrogen (secondary N) is 1. The van der Waals surface area contributed by atoms with E-state index in [1.54, 1.807) is 0 Å². The molecule has 5 rings (SSSR count). The van der Waals surface area contributed by atoms with Crippen LogP contribution in [0.1, 0.15) is 41.7 Å². The van der Waals surface area contributed by atoms with Gasteiger partial charge in [0.1, 0.15) is 5.82 Å². The molecule has 2 aromatic carbocycles. The number of carbonyl (C=O) groups excluding carboxylic acids is 1. The van der Waals surface area contributed by atoms with Gasteiger partial charge in [0.05, 0.1) is 16.7 Å². The molecule has 1 fully saturated rings. The van der Waals surface area contributed by atoms with Crippen molar-refractivity contribution in [3.05, 3.63) is 83.0 Å². The number of allylic oxidation sites excluding steroid dienone is 4. The van der Waals surface area contributed by atoms with Crippen LogP contribution in [-0.2, 0) is 4.79 Å². The topological polar surface area (TPSA) is 98.7 Å². The number of aliphatic carboxylic acids is 1. The number of nitrogens with zero attached hydrogens (tertiary/aromatic N) is 4. The standard InChI is InChI=1S/C30H32ClN5O3/c1-20-5-2-3-6-24(20)28-29(32-14-4-7-27(37)38)34-26-19-21(8-13-25(26)33-28)30(39)36-17-15-35(16-18-36)23-11-9-22(31)10-12-23/h2-3,5-6,8-13,19-20,24H,4,7,14-18H2,1H3,(H,32,34)(H,37,38). The zero-order chi connectivity index (χ0) is 27.4. The van der Waals surface area contributed by atoms with Crippen LogP contribution in [0.25, 0.3) is 11.0 Å². The first-order valence-electron chi connectivity index (χ1n) is 13.3. The lowest BCUT2D eigenvalue weighted by molar-refractivity contribution is -0.137. The first-order valence-corrected chi connectivity index (χ1v) is 13.7. The maximum absolute atomic E-state index is 13.4. The molecule has 202 valence electrons. The number of anilines is 2. The molecule has 2 atom stereocenters. The van der Waals surface area contributed by atoms with Gasteiger partial charge in [-0.25, -0.2) is 9.97 Å². The molecular weight excluding hydrogens is 514 g/mol. The van der Waals surface area contributed by atoms with E-state index in [4.69, 9.17) is 26.7 Å². The minimum absolute atomic E-state index is 0.0246. The van der Waals surface area contributed by atoms with E-state index in [2.05, 4.69) is 29.3 Å². The summed E-state index contributed by atoms with van der Waals surface area (Å²) < 4.78 is 0. The van der Waals surface area contributed by atoms with Crippen molar-refractivity contribution in [3.63, 3.8) is 0 Å². The number of hydrogen-bond donors (Lipinski definition) is 2. The Morgan fingerprint density at radius 3 is 2.46 bits per heavy atom. The number of halogens is 1. The summed E-state index contributed by atoms with van der Waals surface area (Å²) in [4.78, 5) is 38.3. The van der Waals surface area contributed by atoms with Crippen LogP contribution in [-0.4, -0.2) is 64.6 Å². The van der Waals surface area contributed by atoms with Gasteiger partial charge in [-0.15, -0.1) is 0 Å². The van der Waals surface area contributed by atoms with Gasteiger partial charge in [-0.05, 0) is 54.8 Å². The van der Waals surface area contributed by atoms with Crippen LogP contribution >= 0.6 is 11.6 Å². The Labute approximate surface area is 233 Å². The van der Waals surface area contributed by atoms with E-state index in [0.29, 0.717) is 48.0 Å². The van der Waals surface area contributed by atoms with Crippen molar-refractivity contribution < 1.29 is 14.7 Å². The molecule has 9 heteroatoms. The molecule has 0 bridgehead atoms. The number of carboxylic acids is 1. The third-order valence-electron chi connectivity index (χ3n) is 7.28. The Kier molecular flexibility index (Phi) is 8.12. The fourth-order valence-electron chi connectivity index (χ4n) is 5.07. The molecule has 1 aromatic heterocycles. The first-order chi connectivity index (χ1) is 18.9. The zero-order valence-corrected chi connectivity index (χ0v) is 22.6. The predicted molar refractivity (Wildman–Crippen MR) is 155 cm³/mol.